The molecular weight excluding hydrogens is 441 g/mol. The SMILES string of the molecule is CN=C(NCc1nnc2n1CCCCC2)NC1CN(C(C)C)CC1C.I. The van der Waals surface area contributed by atoms with Crippen molar-refractivity contribution in [2.75, 3.05) is 20.1 Å². The number of aryl methyl sites for hydroxylation is 1. The second kappa shape index (κ2) is 9.87. The predicted molar refractivity (Wildman–Crippen MR) is 116 cm³/mol. The molecule has 0 amide bonds. The number of likely N-dealkylation sites (tertiary alicyclic amines) is 1. The third kappa shape index (κ3) is 5.09. The van der Waals surface area contributed by atoms with Crippen LogP contribution in [0.15, 0.2) is 4.99 Å². The number of nitrogens with zero attached hydrogens (tertiary/aromatic N) is 5. The highest BCUT2D eigenvalue weighted by atomic mass is 127. The van der Waals surface area contributed by atoms with Crippen LogP contribution >= 0.6 is 24.0 Å². The van der Waals surface area contributed by atoms with Crippen LogP contribution < -0.4 is 10.6 Å². The Balaban J connectivity index is 0.00000243. The zero-order valence-electron chi connectivity index (χ0n) is 16.5. The Morgan fingerprint density at radius 3 is 2.73 bits per heavy atom. The lowest BCUT2D eigenvalue weighted by Gasteiger charge is -2.22. The average molecular weight is 475 g/mol. The summed E-state index contributed by atoms with van der Waals surface area (Å²) in [6.45, 7) is 10.8. The van der Waals surface area contributed by atoms with Gasteiger partial charge < -0.3 is 15.2 Å². The van der Waals surface area contributed by atoms with Gasteiger partial charge in [0.1, 0.15) is 5.82 Å². The van der Waals surface area contributed by atoms with Crippen molar-refractivity contribution < 1.29 is 0 Å². The van der Waals surface area contributed by atoms with Gasteiger partial charge in [-0.3, -0.25) is 9.89 Å². The molecule has 0 radical (unpaired) electrons. The highest BCUT2D eigenvalue weighted by Gasteiger charge is 2.31. The van der Waals surface area contributed by atoms with Gasteiger partial charge in [0.25, 0.3) is 0 Å². The summed E-state index contributed by atoms with van der Waals surface area (Å²) in [4.78, 5) is 6.93. The van der Waals surface area contributed by atoms with E-state index in [9.17, 15) is 0 Å². The first kappa shape index (κ1) is 21.4. The van der Waals surface area contributed by atoms with Crippen LogP contribution in [0.2, 0.25) is 0 Å². The number of halogens is 1. The van der Waals surface area contributed by atoms with Crippen LogP contribution in [0.3, 0.4) is 0 Å². The zero-order valence-corrected chi connectivity index (χ0v) is 18.9. The number of hydrogen-bond acceptors (Lipinski definition) is 4. The second-order valence-electron chi connectivity index (χ2n) is 7.70. The van der Waals surface area contributed by atoms with Gasteiger partial charge in [0.2, 0.25) is 0 Å². The molecule has 0 bridgehead atoms. The molecule has 1 fully saturated rings. The Kier molecular flexibility index (Phi) is 8.12. The normalized spacial score (nSPS) is 24.1. The first-order chi connectivity index (χ1) is 12.1. The van der Waals surface area contributed by atoms with E-state index in [0.29, 0.717) is 24.5 Å². The molecule has 148 valence electrons. The molecule has 1 aromatic heterocycles. The van der Waals surface area contributed by atoms with E-state index in [-0.39, 0.29) is 24.0 Å². The standard InChI is InChI=1S/C18H33N7.HI/c1-13(2)24-11-14(3)15(12-24)21-18(19-4)20-10-17-23-22-16-8-6-5-7-9-25(16)17;/h13-15H,5-12H2,1-4H3,(H2,19,20,21);1H. The number of aliphatic imine (C=N–C) groups is 1. The van der Waals surface area contributed by atoms with E-state index in [1.54, 1.807) is 0 Å². The zero-order chi connectivity index (χ0) is 17.8. The Labute approximate surface area is 174 Å². The highest BCUT2D eigenvalue weighted by Crippen LogP contribution is 2.18. The Morgan fingerprint density at radius 2 is 2.04 bits per heavy atom. The van der Waals surface area contributed by atoms with Gasteiger partial charge in [0.05, 0.1) is 6.54 Å². The van der Waals surface area contributed by atoms with E-state index in [4.69, 9.17) is 0 Å². The van der Waals surface area contributed by atoms with Crippen molar-refractivity contribution in [3.8, 4) is 0 Å². The summed E-state index contributed by atoms with van der Waals surface area (Å²) in [5.41, 5.74) is 0. The molecule has 0 aromatic carbocycles. The Morgan fingerprint density at radius 1 is 1.23 bits per heavy atom. The number of hydrogen-bond donors (Lipinski definition) is 2. The highest BCUT2D eigenvalue weighted by molar-refractivity contribution is 14.0. The van der Waals surface area contributed by atoms with Crippen molar-refractivity contribution in [2.45, 2.75) is 71.6 Å². The van der Waals surface area contributed by atoms with Gasteiger partial charge in [-0.1, -0.05) is 13.3 Å². The summed E-state index contributed by atoms with van der Waals surface area (Å²) in [5.74, 6) is 3.62. The number of rotatable bonds is 4. The Bertz CT molecular complexity index is 598. The van der Waals surface area contributed by atoms with E-state index in [1.807, 2.05) is 7.05 Å². The van der Waals surface area contributed by atoms with Crippen molar-refractivity contribution in [2.24, 2.45) is 10.9 Å². The molecule has 0 saturated carbocycles. The minimum absolute atomic E-state index is 0. The molecule has 0 spiro atoms. The first-order valence-corrected chi connectivity index (χ1v) is 9.70. The van der Waals surface area contributed by atoms with Crippen LogP contribution in [0.4, 0.5) is 0 Å². The third-order valence-electron chi connectivity index (χ3n) is 5.52. The van der Waals surface area contributed by atoms with Gasteiger partial charge >= 0.3 is 0 Å². The first-order valence-electron chi connectivity index (χ1n) is 9.70. The molecule has 2 atom stereocenters. The quantitative estimate of drug-likeness (QED) is 0.396. The molecule has 3 heterocycles. The Hall–Kier alpha value is -0.900. The second-order valence-corrected chi connectivity index (χ2v) is 7.70. The van der Waals surface area contributed by atoms with E-state index in [1.165, 1.54) is 19.3 Å². The monoisotopic (exact) mass is 475 g/mol. The smallest absolute Gasteiger partial charge is 0.191 e. The number of fused-ring (bicyclic) bond motifs is 1. The van der Waals surface area contributed by atoms with Crippen LogP contribution in [-0.4, -0.2) is 57.8 Å². The summed E-state index contributed by atoms with van der Waals surface area (Å²) in [6.07, 6.45) is 4.77. The molecule has 7 nitrogen and oxygen atoms in total. The lowest BCUT2D eigenvalue weighted by atomic mass is 10.1. The fraction of sp³-hybridized carbons (Fsp3) is 0.833. The fourth-order valence-electron chi connectivity index (χ4n) is 3.82. The number of nitrogens with one attached hydrogen (secondary N) is 2. The third-order valence-corrected chi connectivity index (χ3v) is 5.52. The molecule has 2 N–H and O–H groups in total. The maximum absolute atomic E-state index is 4.40. The van der Waals surface area contributed by atoms with Crippen molar-refractivity contribution in [1.29, 1.82) is 0 Å². The van der Waals surface area contributed by atoms with Crippen LogP contribution in [0.25, 0.3) is 0 Å². The van der Waals surface area contributed by atoms with Crippen LogP contribution in [-0.2, 0) is 19.5 Å². The molecular formula is C18H34IN7. The summed E-state index contributed by atoms with van der Waals surface area (Å²) in [7, 11) is 1.83. The summed E-state index contributed by atoms with van der Waals surface area (Å²) >= 11 is 0. The van der Waals surface area contributed by atoms with Gasteiger partial charge in [-0.15, -0.1) is 34.2 Å². The average Bonchev–Trinajstić information content (AvgIpc) is 3.06. The topological polar surface area (TPSA) is 70.4 Å². The molecule has 1 saturated heterocycles. The summed E-state index contributed by atoms with van der Waals surface area (Å²) < 4.78 is 2.28. The van der Waals surface area contributed by atoms with Crippen molar-refractivity contribution in [3.05, 3.63) is 11.6 Å². The van der Waals surface area contributed by atoms with Crippen molar-refractivity contribution in [1.82, 2.24) is 30.3 Å². The van der Waals surface area contributed by atoms with E-state index in [2.05, 4.69) is 56.1 Å². The molecule has 2 aliphatic heterocycles. The minimum atomic E-state index is 0. The van der Waals surface area contributed by atoms with Gasteiger partial charge in [-0.25, -0.2) is 0 Å². The minimum Gasteiger partial charge on any atom is -0.352 e. The van der Waals surface area contributed by atoms with Crippen LogP contribution in [0.1, 0.15) is 51.7 Å². The van der Waals surface area contributed by atoms with Gasteiger partial charge in [0, 0.05) is 45.2 Å². The van der Waals surface area contributed by atoms with E-state index < -0.39 is 0 Å². The molecule has 26 heavy (non-hydrogen) atoms. The van der Waals surface area contributed by atoms with Gasteiger partial charge in [-0.05, 0) is 32.6 Å². The van der Waals surface area contributed by atoms with Gasteiger partial charge in [0.15, 0.2) is 11.8 Å². The molecule has 2 aliphatic rings. The lowest BCUT2D eigenvalue weighted by Crippen LogP contribution is -2.46. The molecule has 1 aromatic rings. The fourth-order valence-corrected chi connectivity index (χ4v) is 3.82. The maximum atomic E-state index is 4.40. The van der Waals surface area contributed by atoms with Crippen molar-refractivity contribution in [3.63, 3.8) is 0 Å². The molecule has 8 heteroatoms. The van der Waals surface area contributed by atoms with Crippen molar-refractivity contribution >= 4 is 29.9 Å². The van der Waals surface area contributed by atoms with Crippen LogP contribution in [0.5, 0.6) is 0 Å². The molecule has 0 aliphatic carbocycles. The largest absolute Gasteiger partial charge is 0.352 e. The van der Waals surface area contributed by atoms with Crippen LogP contribution in [0, 0.1) is 5.92 Å². The number of aromatic nitrogens is 3. The summed E-state index contributed by atoms with van der Waals surface area (Å²) in [6, 6.07) is 1.03. The summed E-state index contributed by atoms with van der Waals surface area (Å²) in [5, 5.41) is 15.8. The molecule has 2 unspecified atom stereocenters. The van der Waals surface area contributed by atoms with E-state index in [0.717, 1.165) is 43.7 Å². The van der Waals surface area contributed by atoms with Gasteiger partial charge in [-0.2, -0.15) is 0 Å². The number of guanidine groups is 1. The lowest BCUT2D eigenvalue weighted by molar-refractivity contribution is 0.265. The predicted octanol–water partition coefficient (Wildman–Crippen LogP) is 2.02. The maximum Gasteiger partial charge on any atom is 0.191 e. The molecule has 3 rings (SSSR count). The van der Waals surface area contributed by atoms with E-state index >= 15 is 0 Å².